The fraction of sp³-hybridized carbons (Fsp3) is 0.533. The van der Waals surface area contributed by atoms with Crippen molar-refractivity contribution in [2.45, 2.75) is 92.3 Å². The summed E-state index contributed by atoms with van der Waals surface area (Å²) in [4.78, 5) is 22.8. The van der Waals surface area contributed by atoms with E-state index >= 15 is 0 Å². The molecule has 8 nitrogen and oxygen atoms in total. The third-order valence-electron chi connectivity index (χ3n) is 7.17. The third kappa shape index (κ3) is 6.52. The van der Waals surface area contributed by atoms with Crippen LogP contribution in [0.25, 0.3) is 0 Å². The van der Waals surface area contributed by atoms with Gasteiger partial charge in [-0.05, 0) is 88.6 Å². The molecule has 0 fully saturated rings. The van der Waals surface area contributed by atoms with Crippen LogP contribution in [0.15, 0.2) is 12.1 Å². The normalized spacial score (nSPS) is 16.4. The van der Waals surface area contributed by atoms with Crippen LogP contribution in [-0.2, 0) is 17.6 Å². The maximum atomic E-state index is 11.7. The number of aromatic hydroxyl groups is 1. The number of phenolic OH excluding ortho intramolecular Hbond substituents is 1. The van der Waals surface area contributed by atoms with Crippen LogP contribution in [-0.4, -0.2) is 41.2 Å². The second-order valence-corrected chi connectivity index (χ2v) is 10.1. The van der Waals surface area contributed by atoms with Crippen LogP contribution in [0.2, 0.25) is 0 Å². The van der Waals surface area contributed by atoms with Gasteiger partial charge in [0.1, 0.15) is 23.0 Å². The number of Topliss-reactive ketones (excluding diaryl/α,β-unsaturated/α-hetero) is 1. The zero-order valence-corrected chi connectivity index (χ0v) is 23.4. The SMILES string of the molecule is CCCc1c(OCCCCCOc2c(C)c(C)c3c(c2C)CC[C@](C)(OC(=O)O)O3)ccc(C(C)=O)c1O. The summed E-state index contributed by atoms with van der Waals surface area (Å²) in [6, 6.07) is 3.39. The predicted molar refractivity (Wildman–Crippen MR) is 144 cm³/mol. The van der Waals surface area contributed by atoms with Gasteiger partial charge in [0.2, 0.25) is 0 Å². The molecule has 1 aliphatic rings. The van der Waals surface area contributed by atoms with E-state index in [2.05, 4.69) is 0 Å². The van der Waals surface area contributed by atoms with Crippen molar-refractivity contribution < 1.29 is 38.7 Å². The molecular formula is C30H40O8. The van der Waals surface area contributed by atoms with Gasteiger partial charge < -0.3 is 29.2 Å². The van der Waals surface area contributed by atoms with Gasteiger partial charge >= 0.3 is 6.16 Å². The van der Waals surface area contributed by atoms with Crippen molar-refractivity contribution in [3.8, 4) is 23.0 Å². The number of carboxylic acid groups (broad SMARTS) is 1. The van der Waals surface area contributed by atoms with Crippen LogP contribution < -0.4 is 14.2 Å². The fourth-order valence-electron chi connectivity index (χ4n) is 4.95. The molecule has 0 saturated heterocycles. The van der Waals surface area contributed by atoms with Crippen LogP contribution >= 0.6 is 0 Å². The molecule has 0 saturated carbocycles. The first-order valence-corrected chi connectivity index (χ1v) is 13.3. The van der Waals surface area contributed by atoms with Crippen molar-refractivity contribution >= 4 is 11.9 Å². The van der Waals surface area contributed by atoms with E-state index in [1.54, 1.807) is 19.1 Å². The molecule has 1 atom stereocenters. The zero-order valence-electron chi connectivity index (χ0n) is 23.4. The Morgan fingerprint density at radius 1 is 1.03 bits per heavy atom. The highest BCUT2D eigenvalue weighted by Gasteiger charge is 2.38. The lowest BCUT2D eigenvalue weighted by molar-refractivity contribution is -0.149. The minimum absolute atomic E-state index is 0.0285. The molecule has 0 unspecified atom stereocenters. The molecule has 2 aromatic carbocycles. The van der Waals surface area contributed by atoms with E-state index < -0.39 is 11.9 Å². The van der Waals surface area contributed by atoms with Crippen molar-refractivity contribution in [2.75, 3.05) is 13.2 Å². The largest absolute Gasteiger partial charge is 0.509 e. The van der Waals surface area contributed by atoms with Crippen LogP contribution in [0.3, 0.4) is 0 Å². The molecule has 1 aliphatic heterocycles. The van der Waals surface area contributed by atoms with Gasteiger partial charge in [0.15, 0.2) is 5.78 Å². The Kier molecular flexibility index (Phi) is 9.52. The lowest BCUT2D eigenvalue weighted by Gasteiger charge is -2.36. The van der Waals surface area contributed by atoms with Gasteiger partial charge in [-0.3, -0.25) is 4.79 Å². The Bertz CT molecular complexity index is 1190. The summed E-state index contributed by atoms with van der Waals surface area (Å²) >= 11 is 0. The van der Waals surface area contributed by atoms with E-state index in [1.165, 1.54) is 6.92 Å². The summed E-state index contributed by atoms with van der Waals surface area (Å²) < 4.78 is 23.2. The minimum atomic E-state index is -1.35. The molecule has 0 spiro atoms. The standard InChI is InChI=1S/C30H40O8/c1-7-11-24-25(13-12-23(21(5)31)26(24)32)35-16-9-8-10-17-36-27-18(2)19(3)28-22(20(27)4)14-15-30(6,37-28)38-29(33)34/h12-13,32H,7-11,14-17H2,1-6H3,(H,33,34)/t30-/m0/s1. The van der Waals surface area contributed by atoms with Crippen molar-refractivity contribution in [1.82, 2.24) is 0 Å². The second kappa shape index (κ2) is 12.4. The molecule has 0 aromatic heterocycles. The molecule has 0 amide bonds. The van der Waals surface area contributed by atoms with E-state index in [-0.39, 0.29) is 11.5 Å². The molecule has 0 radical (unpaired) electrons. The Morgan fingerprint density at radius 3 is 2.34 bits per heavy atom. The lowest BCUT2D eigenvalue weighted by Crippen LogP contribution is -2.41. The molecule has 1 heterocycles. The molecule has 8 heteroatoms. The minimum Gasteiger partial charge on any atom is -0.507 e. The number of hydrogen-bond acceptors (Lipinski definition) is 7. The third-order valence-corrected chi connectivity index (χ3v) is 7.17. The number of carbonyl (C=O) groups excluding carboxylic acids is 1. The summed E-state index contributed by atoms with van der Waals surface area (Å²) in [5, 5.41) is 19.6. The first-order valence-electron chi connectivity index (χ1n) is 13.3. The number of hydrogen-bond donors (Lipinski definition) is 2. The van der Waals surface area contributed by atoms with Gasteiger partial charge in [-0.2, -0.15) is 0 Å². The van der Waals surface area contributed by atoms with Crippen LogP contribution in [0.5, 0.6) is 23.0 Å². The quantitative estimate of drug-likeness (QED) is 0.175. The number of rotatable bonds is 12. The van der Waals surface area contributed by atoms with E-state index in [9.17, 15) is 14.7 Å². The lowest BCUT2D eigenvalue weighted by atomic mass is 9.91. The first-order chi connectivity index (χ1) is 18.0. The number of ketones is 1. The van der Waals surface area contributed by atoms with Crippen molar-refractivity contribution in [1.29, 1.82) is 0 Å². The Balaban J connectivity index is 1.54. The van der Waals surface area contributed by atoms with Crippen LogP contribution in [0.1, 0.15) is 91.1 Å². The second-order valence-electron chi connectivity index (χ2n) is 10.1. The van der Waals surface area contributed by atoms with Gasteiger partial charge in [-0.25, -0.2) is 4.79 Å². The number of fused-ring (bicyclic) bond motifs is 1. The molecule has 3 rings (SSSR count). The van der Waals surface area contributed by atoms with Gasteiger partial charge in [0.25, 0.3) is 5.79 Å². The highest BCUT2D eigenvalue weighted by Crippen LogP contribution is 2.44. The highest BCUT2D eigenvalue weighted by atomic mass is 16.8. The van der Waals surface area contributed by atoms with Crippen LogP contribution in [0, 0.1) is 20.8 Å². The Labute approximate surface area is 224 Å². The smallest absolute Gasteiger partial charge is 0.507 e. The molecule has 2 aromatic rings. The number of carbonyl (C=O) groups is 2. The van der Waals surface area contributed by atoms with Crippen LogP contribution in [0.4, 0.5) is 4.79 Å². The topological polar surface area (TPSA) is 112 Å². The fourth-order valence-corrected chi connectivity index (χ4v) is 4.95. The molecule has 38 heavy (non-hydrogen) atoms. The number of phenols is 1. The maximum Gasteiger partial charge on any atom is 0.509 e. The van der Waals surface area contributed by atoms with Crippen molar-refractivity contribution in [3.05, 3.63) is 45.5 Å². The number of ether oxygens (including phenoxy) is 4. The van der Waals surface area contributed by atoms with E-state index in [0.29, 0.717) is 55.1 Å². The zero-order chi connectivity index (χ0) is 28.0. The van der Waals surface area contributed by atoms with E-state index in [1.807, 2.05) is 27.7 Å². The van der Waals surface area contributed by atoms with Gasteiger partial charge in [0, 0.05) is 24.5 Å². The van der Waals surface area contributed by atoms with Gasteiger partial charge in [0.05, 0.1) is 18.8 Å². The van der Waals surface area contributed by atoms with E-state index in [4.69, 9.17) is 24.1 Å². The summed E-state index contributed by atoms with van der Waals surface area (Å²) in [7, 11) is 0. The van der Waals surface area contributed by atoms with Crippen molar-refractivity contribution in [2.24, 2.45) is 0 Å². The predicted octanol–water partition coefficient (Wildman–Crippen LogP) is 6.84. The maximum absolute atomic E-state index is 11.7. The number of unbranched alkanes of at least 4 members (excludes halogenated alkanes) is 2. The summed E-state index contributed by atoms with van der Waals surface area (Å²) in [5.41, 5.74) is 4.97. The molecule has 0 aliphatic carbocycles. The molecule has 2 N–H and O–H groups in total. The monoisotopic (exact) mass is 528 g/mol. The van der Waals surface area contributed by atoms with Gasteiger partial charge in [-0.15, -0.1) is 0 Å². The Hall–Kier alpha value is -3.42. The van der Waals surface area contributed by atoms with E-state index in [0.717, 1.165) is 53.7 Å². The first kappa shape index (κ1) is 29.1. The number of benzene rings is 2. The molecular weight excluding hydrogens is 488 g/mol. The Morgan fingerprint density at radius 2 is 1.71 bits per heavy atom. The summed E-state index contributed by atoms with van der Waals surface area (Å²) in [5.74, 6) is 0.843. The highest BCUT2D eigenvalue weighted by molar-refractivity contribution is 5.97. The summed E-state index contributed by atoms with van der Waals surface area (Å²) in [6.07, 6.45) is 3.82. The van der Waals surface area contributed by atoms with Gasteiger partial charge in [-0.1, -0.05) is 13.3 Å². The average Bonchev–Trinajstić information content (AvgIpc) is 2.84. The summed E-state index contributed by atoms with van der Waals surface area (Å²) in [6.45, 7) is 12.2. The average molecular weight is 529 g/mol. The van der Waals surface area contributed by atoms with Crippen molar-refractivity contribution in [3.63, 3.8) is 0 Å². The molecule has 0 bridgehead atoms. The molecule has 208 valence electrons.